The van der Waals surface area contributed by atoms with Gasteiger partial charge in [0.1, 0.15) is 11.2 Å². The Bertz CT molecular complexity index is 1020. The Morgan fingerprint density at radius 1 is 1.13 bits per heavy atom. The third-order valence-corrected chi connectivity index (χ3v) is 6.69. The van der Waals surface area contributed by atoms with Crippen molar-refractivity contribution in [3.8, 4) is 0 Å². The minimum atomic E-state index is -1.51. The number of Topliss-reactive ketones (excluding diaryl/α,β-unsaturated/α-hetero) is 1. The molecule has 1 fully saturated rings. The summed E-state index contributed by atoms with van der Waals surface area (Å²) in [7, 11) is 0. The molecule has 158 valence electrons. The Morgan fingerprint density at radius 2 is 1.87 bits per heavy atom. The minimum Gasteiger partial charge on any atom is -0.357 e. The third kappa shape index (κ3) is 3.35. The van der Waals surface area contributed by atoms with E-state index in [9.17, 15) is 9.59 Å². The van der Waals surface area contributed by atoms with Gasteiger partial charge in [0.2, 0.25) is 5.91 Å². The number of alkyl halides is 1. The maximum Gasteiger partial charge on any atom is 0.240 e. The number of fused-ring (bicyclic) bond motifs is 2. The summed E-state index contributed by atoms with van der Waals surface area (Å²) in [5.41, 5.74) is 0.815. The average molecular weight is 446 g/mol. The predicted molar refractivity (Wildman–Crippen MR) is 119 cm³/mol. The van der Waals surface area contributed by atoms with Crippen LogP contribution in [0.25, 0.3) is 0 Å². The van der Waals surface area contributed by atoms with Crippen LogP contribution in [0.4, 0.5) is 5.69 Å². The molecule has 0 aromatic heterocycles. The van der Waals surface area contributed by atoms with Crippen molar-refractivity contribution in [1.82, 2.24) is 0 Å². The van der Waals surface area contributed by atoms with Gasteiger partial charge in [-0.1, -0.05) is 74.3 Å². The van der Waals surface area contributed by atoms with Crippen LogP contribution in [0.1, 0.15) is 50.7 Å². The van der Waals surface area contributed by atoms with Crippen LogP contribution in [0.15, 0.2) is 48.5 Å². The summed E-state index contributed by atoms with van der Waals surface area (Å²) >= 11 is 13.5. The van der Waals surface area contributed by atoms with Crippen molar-refractivity contribution in [3.63, 3.8) is 0 Å². The Balaban J connectivity index is 1.96. The highest BCUT2D eigenvalue weighted by Gasteiger charge is 2.68. The molecule has 30 heavy (non-hydrogen) atoms. The molecule has 3 unspecified atom stereocenters. The first-order valence-electron chi connectivity index (χ1n) is 10.1. The molecule has 1 heterocycles. The highest BCUT2D eigenvalue weighted by molar-refractivity contribution is 6.31. The maximum atomic E-state index is 13.7. The van der Waals surface area contributed by atoms with Crippen molar-refractivity contribution in [2.45, 2.75) is 50.0 Å². The van der Waals surface area contributed by atoms with Crippen LogP contribution < -0.4 is 5.32 Å². The number of amides is 1. The first kappa shape index (κ1) is 21.4. The zero-order valence-electron chi connectivity index (χ0n) is 17.3. The van der Waals surface area contributed by atoms with E-state index in [0.29, 0.717) is 17.3 Å². The highest BCUT2D eigenvalue weighted by atomic mass is 35.5. The average Bonchev–Trinajstić information content (AvgIpc) is 2.96. The van der Waals surface area contributed by atoms with Crippen molar-refractivity contribution >= 4 is 40.6 Å². The lowest BCUT2D eigenvalue weighted by Gasteiger charge is -2.50. The van der Waals surface area contributed by atoms with E-state index < -0.39 is 16.4 Å². The van der Waals surface area contributed by atoms with Crippen LogP contribution >= 0.6 is 23.2 Å². The number of carbonyl (C=O) groups excluding carboxylic acids is 2. The number of anilines is 1. The van der Waals surface area contributed by atoms with Gasteiger partial charge in [-0.2, -0.15) is 0 Å². The van der Waals surface area contributed by atoms with E-state index in [1.54, 1.807) is 6.07 Å². The molecule has 2 aromatic carbocycles. The van der Waals surface area contributed by atoms with Crippen molar-refractivity contribution in [2.24, 2.45) is 5.41 Å². The van der Waals surface area contributed by atoms with E-state index >= 15 is 0 Å². The summed E-state index contributed by atoms with van der Waals surface area (Å²) in [6, 6.07) is 14.8. The maximum absolute atomic E-state index is 13.7. The fraction of sp³-hybridized carbons (Fsp3) is 0.417. The lowest BCUT2D eigenvalue weighted by atomic mass is 9.58. The standard InChI is InChI=1S/C24H25Cl2NO3/c1-22(2,3)14-30-23(26)13-17(28)12-19(15-7-6-8-16(25)11-15)24(23)18-9-4-5-10-20(18)27-21(24)29/h4-11,19H,12-14H2,1-3H3,(H,27,29). The quantitative estimate of drug-likeness (QED) is 0.618. The third-order valence-electron chi connectivity index (χ3n) is 5.91. The first-order valence-corrected chi connectivity index (χ1v) is 10.8. The molecule has 6 heteroatoms. The Hall–Kier alpha value is -1.88. The number of carbonyl (C=O) groups is 2. The van der Waals surface area contributed by atoms with Crippen molar-refractivity contribution < 1.29 is 14.3 Å². The van der Waals surface area contributed by atoms with Crippen LogP contribution in [-0.2, 0) is 19.7 Å². The van der Waals surface area contributed by atoms with E-state index in [1.807, 2.05) is 63.2 Å². The van der Waals surface area contributed by atoms with Gasteiger partial charge in [-0.3, -0.25) is 9.59 Å². The lowest BCUT2D eigenvalue weighted by molar-refractivity contribution is -0.148. The molecule has 0 bridgehead atoms. The van der Waals surface area contributed by atoms with Crippen LogP contribution in [0.2, 0.25) is 5.02 Å². The summed E-state index contributed by atoms with van der Waals surface area (Å²) < 4.78 is 6.30. The van der Waals surface area contributed by atoms with Gasteiger partial charge >= 0.3 is 0 Å². The molecule has 0 saturated heterocycles. The molecular weight excluding hydrogens is 421 g/mol. The van der Waals surface area contributed by atoms with E-state index in [2.05, 4.69) is 5.32 Å². The van der Waals surface area contributed by atoms with Crippen molar-refractivity contribution in [1.29, 1.82) is 0 Å². The molecule has 1 aliphatic heterocycles. The summed E-state index contributed by atoms with van der Waals surface area (Å²) in [5.74, 6) is -0.782. The summed E-state index contributed by atoms with van der Waals surface area (Å²) in [6.45, 7) is 6.40. The molecule has 4 nitrogen and oxygen atoms in total. The number of hydrogen-bond acceptors (Lipinski definition) is 3. The van der Waals surface area contributed by atoms with Crippen LogP contribution in [0.3, 0.4) is 0 Å². The van der Waals surface area contributed by atoms with E-state index in [0.717, 1.165) is 11.1 Å². The number of ether oxygens (including phenoxy) is 1. The lowest BCUT2D eigenvalue weighted by Crippen LogP contribution is -2.61. The molecule has 2 aliphatic rings. The van der Waals surface area contributed by atoms with Crippen LogP contribution in [-0.4, -0.2) is 23.4 Å². The SMILES string of the molecule is CC(C)(C)COC1(Cl)CC(=O)CC(c2cccc(Cl)c2)C12C(=O)Nc1ccccc12. The fourth-order valence-electron chi connectivity index (χ4n) is 4.69. The van der Waals surface area contributed by atoms with Gasteiger partial charge in [0.15, 0.2) is 5.06 Å². The molecule has 4 rings (SSSR count). The molecule has 0 radical (unpaired) electrons. The predicted octanol–water partition coefficient (Wildman–Crippen LogP) is 5.67. The second-order valence-electron chi connectivity index (χ2n) is 9.41. The number of benzene rings is 2. The molecular formula is C24H25Cl2NO3. The molecule has 1 saturated carbocycles. The molecule has 2 aromatic rings. The molecule has 3 atom stereocenters. The van der Waals surface area contributed by atoms with E-state index in [1.165, 1.54) is 0 Å². The molecule has 1 amide bonds. The first-order chi connectivity index (χ1) is 14.1. The van der Waals surface area contributed by atoms with Gasteiger partial charge < -0.3 is 10.1 Å². The fourth-order valence-corrected chi connectivity index (χ4v) is 5.41. The zero-order chi connectivity index (χ0) is 21.7. The molecule has 1 spiro atoms. The normalized spacial score (nSPS) is 28.5. The highest BCUT2D eigenvalue weighted by Crippen LogP contribution is 2.61. The van der Waals surface area contributed by atoms with E-state index in [4.69, 9.17) is 27.9 Å². The minimum absolute atomic E-state index is 0.0355. The summed E-state index contributed by atoms with van der Waals surface area (Å²) in [5, 5.41) is 2.02. The Kier molecular flexibility index (Phi) is 5.24. The number of nitrogens with one attached hydrogen (secondary N) is 1. The monoisotopic (exact) mass is 445 g/mol. The smallest absolute Gasteiger partial charge is 0.240 e. The largest absolute Gasteiger partial charge is 0.357 e. The second kappa shape index (κ2) is 7.37. The number of para-hydroxylation sites is 1. The Morgan fingerprint density at radius 3 is 2.57 bits per heavy atom. The summed E-state index contributed by atoms with van der Waals surface area (Å²) in [4.78, 5) is 26.6. The Labute approximate surface area is 186 Å². The van der Waals surface area contributed by atoms with E-state index in [-0.39, 0.29) is 29.9 Å². The van der Waals surface area contributed by atoms with Crippen LogP contribution in [0, 0.1) is 5.41 Å². The van der Waals surface area contributed by atoms with Crippen molar-refractivity contribution in [2.75, 3.05) is 11.9 Å². The van der Waals surface area contributed by atoms with Crippen LogP contribution in [0.5, 0.6) is 0 Å². The molecule has 1 aliphatic carbocycles. The summed E-state index contributed by atoms with van der Waals surface area (Å²) in [6.07, 6.45) is 0.152. The van der Waals surface area contributed by atoms with Gasteiger partial charge in [-0.25, -0.2) is 0 Å². The molecule has 1 N–H and O–H groups in total. The zero-order valence-corrected chi connectivity index (χ0v) is 18.8. The van der Waals surface area contributed by atoms with Gasteiger partial charge in [0.05, 0.1) is 13.0 Å². The number of halogens is 2. The van der Waals surface area contributed by atoms with Gasteiger partial charge in [0.25, 0.3) is 0 Å². The van der Waals surface area contributed by atoms with Crippen molar-refractivity contribution in [3.05, 3.63) is 64.7 Å². The topological polar surface area (TPSA) is 55.4 Å². The number of ketones is 1. The number of hydrogen-bond donors (Lipinski definition) is 1. The van der Waals surface area contributed by atoms with Gasteiger partial charge in [-0.15, -0.1) is 0 Å². The van der Waals surface area contributed by atoms with Gasteiger partial charge in [-0.05, 0) is 34.7 Å². The number of rotatable bonds is 3. The second-order valence-corrected chi connectivity index (χ2v) is 10.5. The van der Waals surface area contributed by atoms with Gasteiger partial charge in [0, 0.05) is 23.0 Å².